The van der Waals surface area contributed by atoms with Crippen LogP contribution in [0.1, 0.15) is 36.3 Å². The SMILES string of the molecule is Cc1[nH]ncc1C(=O)N[C@H](CC(C)C)C(=O)O. The van der Waals surface area contributed by atoms with Gasteiger partial charge in [0.25, 0.3) is 5.91 Å². The van der Waals surface area contributed by atoms with Gasteiger partial charge in [0.1, 0.15) is 6.04 Å². The number of rotatable bonds is 5. The van der Waals surface area contributed by atoms with Gasteiger partial charge >= 0.3 is 5.97 Å². The molecule has 0 aliphatic rings. The van der Waals surface area contributed by atoms with E-state index in [4.69, 9.17) is 5.11 Å². The molecule has 1 aromatic rings. The fourth-order valence-electron chi connectivity index (χ4n) is 1.51. The molecule has 1 rings (SSSR count). The number of amides is 1. The van der Waals surface area contributed by atoms with Gasteiger partial charge in [0.05, 0.1) is 11.8 Å². The third-order valence-electron chi connectivity index (χ3n) is 2.39. The summed E-state index contributed by atoms with van der Waals surface area (Å²) in [5.41, 5.74) is 0.996. The minimum absolute atomic E-state index is 0.196. The molecule has 0 aromatic carbocycles. The first-order valence-electron chi connectivity index (χ1n) is 5.45. The Balaban J connectivity index is 2.71. The summed E-state index contributed by atoms with van der Waals surface area (Å²) in [6.07, 6.45) is 1.79. The van der Waals surface area contributed by atoms with Crippen molar-refractivity contribution < 1.29 is 14.7 Å². The first-order valence-corrected chi connectivity index (χ1v) is 5.45. The lowest BCUT2D eigenvalue weighted by molar-refractivity contribution is -0.139. The van der Waals surface area contributed by atoms with Crippen molar-refractivity contribution in [2.24, 2.45) is 5.92 Å². The molecular weight excluding hydrogens is 222 g/mol. The van der Waals surface area contributed by atoms with Crippen LogP contribution in [-0.4, -0.2) is 33.2 Å². The van der Waals surface area contributed by atoms with Crippen LogP contribution >= 0.6 is 0 Å². The smallest absolute Gasteiger partial charge is 0.326 e. The van der Waals surface area contributed by atoms with E-state index in [0.29, 0.717) is 17.7 Å². The summed E-state index contributed by atoms with van der Waals surface area (Å²) < 4.78 is 0. The number of aromatic amines is 1. The number of hydrogen-bond donors (Lipinski definition) is 3. The number of aryl methyl sites for hydroxylation is 1. The molecule has 1 amide bonds. The summed E-state index contributed by atoms with van der Waals surface area (Å²) in [5.74, 6) is -1.24. The number of nitrogens with one attached hydrogen (secondary N) is 2. The lowest BCUT2D eigenvalue weighted by Gasteiger charge is -2.16. The average Bonchev–Trinajstić information content (AvgIpc) is 2.62. The van der Waals surface area contributed by atoms with E-state index >= 15 is 0 Å². The zero-order valence-electron chi connectivity index (χ0n) is 10.2. The number of H-pyrrole nitrogens is 1. The van der Waals surface area contributed by atoms with Crippen LogP contribution in [0.25, 0.3) is 0 Å². The monoisotopic (exact) mass is 239 g/mol. The second-order valence-corrected chi connectivity index (χ2v) is 4.40. The van der Waals surface area contributed by atoms with Gasteiger partial charge in [-0.2, -0.15) is 5.10 Å². The quantitative estimate of drug-likeness (QED) is 0.712. The summed E-state index contributed by atoms with van der Waals surface area (Å²) in [6, 6.07) is -0.864. The van der Waals surface area contributed by atoms with Crippen LogP contribution in [0.5, 0.6) is 0 Å². The van der Waals surface area contributed by atoms with E-state index in [1.165, 1.54) is 6.20 Å². The molecule has 0 aliphatic carbocycles. The number of nitrogens with zero attached hydrogens (tertiary/aromatic N) is 1. The van der Waals surface area contributed by atoms with Crippen molar-refractivity contribution in [2.75, 3.05) is 0 Å². The molecule has 17 heavy (non-hydrogen) atoms. The number of carbonyl (C=O) groups is 2. The molecule has 94 valence electrons. The maximum atomic E-state index is 11.8. The second kappa shape index (κ2) is 5.47. The van der Waals surface area contributed by atoms with Crippen molar-refractivity contribution in [2.45, 2.75) is 33.2 Å². The number of aliphatic carboxylic acids is 1. The fourth-order valence-corrected chi connectivity index (χ4v) is 1.51. The highest BCUT2D eigenvalue weighted by Crippen LogP contribution is 2.08. The molecule has 0 fully saturated rings. The molecule has 3 N–H and O–H groups in total. The summed E-state index contributed by atoms with van der Waals surface area (Å²) in [5, 5.41) is 17.8. The van der Waals surface area contributed by atoms with Crippen LogP contribution < -0.4 is 5.32 Å². The van der Waals surface area contributed by atoms with Crippen molar-refractivity contribution >= 4 is 11.9 Å². The molecule has 1 aromatic heterocycles. The van der Waals surface area contributed by atoms with E-state index < -0.39 is 17.9 Å². The van der Waals surface area contributed by atoms with Crippen molar-refractivity contribution in [1.29, 1.82) is 0 Å². The van der Waals surface area contributed by atoms with Gasteiger partial charge in [-0.15, -0.1) is 0 Å². The van der Waals surface area contributed by atoms with E-state index in [2.05, 4.69) is 15.5 Å². The van der Waals surface area contributed by atoms with Crippen LogP contribution in [0, 0.1) is 12.8 Å². The van der Waals surface area contributed by atoms with E-state index in [1.54, 1.807) is 6.92 Å². The Bertz CT molecular complexity index is 412. The molecule has 0 bridgehead atoms. The summed E-state index contributed by atoms with van der Waals surface area (Å²) >= 11 is 0. The molecule has 6 nitrogen and oxygen atoms in total. The largest absolute Gasteiger partial charge is 0.480 e. The zero-order valence-corrected chi connectivity index (χ0v) is 10.2. The lowest BCUT2D eigenvalue weighted by Crippen LogP contribution is -2.41. The predicted molar refractivity (Wildman–Crippen MR) is 61.7 cm³/mol. The average molecular weight is 239 g/mol. The molecule has 0 unspecified atom stereocenters. The van der Waals surface area contributed by atoms with Gasteiger partial charge < -0.3 is 10.4 Å². The maximum Gasteiger partial charge on any atom is 0.326 e. The van der Waals surface area contributed by atoms with Gasteiger partial charge in [-0.05, 0) is 19.3 Å². The predicted octanol–water partition coefficient (Wildman–Crippen LogP) is 0.947. The number of aromatic nitrogens is 2. The zero-order chi connectivity index (χ0) is 13.0. The number of carbonyl (C=O) groups excluding carboxylic acids is 1. The van der Waals surface area contributed by atoms with E-state index in [1.807, 2.05) is 13.8 Å². The number of carboxylic acid groups (broad SMARTS) is 1. The van der Waals surface area contributed by atoms with Crippen molar-refractivity contribution in [3.63, 3.8) is 0 Å². The molecule has 0 radical (unpaired) electrons. The molecule has 0 spiro atoms. The van der Waals surface area contributed by atoms with Crippen molar-refractivity contribution in [1.82, 2.24) is 15.5 Å². The minimum Gasteiger partial charge on any atom is -0.480 e. The van der Waals surface area contributed by atoms with Crippen LogP contribution in [0.2, 0.25) is 0 Å². The molecule has 0 saturated heterocycles. The highest BCUT2D eigenvalue weighted by atomic mass is 16.4. The lowest BCUT2D eigenvalue weighted by atomic mass is 10.0. The summed E-state index contributed by atoms with van der Waals surface area (Å²) in [7, 11) is 0. The Morgan fingerprint density at radius 2 is 2.18 bits per heavy atom. The third-order valence-corrected chi connectivity index (χ3v) is 2.39. The van der Waals surface area contributed by atoms with Gasteiger partial charge in [-0.25, -0.2) is 4.79 Å². The molecular formula is C11H17N3O3. The highest BCUT2D eigenvalue weighted by molar-refractivity contribution is 5.97. The number of hydrogen-bond acceptors (Lipinski definition) is 3. The normalized spacial score (nSPS) is 12.5. The van der Waals surface area contributed by atoms with E-state index in [-0.39, 0.29) is 5.92 Å². The van der Waals surface area contributed by atoms with Gasteiger partial charge in [0.2, 0.25) is 0 Å². The topological polar surface area (TPSA) is 95.1 Å². The Labute approximate surface area is 99.4 Å². The van der Waals surface area contributed by atoms with Crippen molar-refractivity contribution in [3.8, 4) is 0 Å². The Kier molecular flexibility index (Phi) is 4.25. The van der Waals surface area contributed by atoms with Gasteiger partial charge in [-0.3, -0.25) is 9.89 Å². The van der Waals surface area contributed by atoms with E-state index in [0.717, 1.165) is 0 Å². The first kappa shape index (κ1) is 13.2. The molecule has 6 heteroatoms. The number of carboxylic acids is 1. The Morgan fingerprint density at radius 1 is 1.53 bits per heavy atom. The minimum atomic E-state index is -1.02. The second-order valence-electron chi connectivity index (χ2n) is 4.40. The fraction of sp³-hybridized carbons (Fsp3) is 0.545. The van der Waals surface area contributed by atoms with E-state index in [9.17, 15) is 9.59 Å². The first-order chi connectivity index (χ1) is 7.91. The van der Waals surface area contributed by atoms with Crippen LogP contribution in [-0.2, 0) is 4.79 Å². The highest BCUT2D eigenvalue weighted by Gasteiger charge is 2.22. The van der Waals surface area contributed by atoms with Gasteiger partial charge in [-0.1, -0.05) is 13.8 Å². The van der Waals surface area contributed by atoms with Crippen LogP contribution in [0.15, 0.2) is 6.20 Å². The molecule has 1 atom stereocenters. The van der Waals surface area contributed by atoms with Crippen LogP contribution in [0.3, 0.4) is 0 Å². The van der Waals surface area contributed by atoms with Crippen LogP contribution in [0.4, 0.5) is 0 Å². The molecule has 0 aliphatic heterocycles. The molecule has 1 heterocycles. The third kappa shape index (κ3) is 3.58. The standard InChI is InChI=1S/C11H17N3O3/c1-6(2)4-9(11(16)17)13-10(15)8-5-12-14-7(8)3/h5-6,9H,4H2,1-3H3,(H,12,14)(H,13,15)(H,16,17)/t9-/m1/s1. The maximum absolute atomic E-state index is 11.8. The van der Waals surface area contributed by atoms with Gasteiger partial charge in [0.15, 0.2) is 0 Å². The molecule has 0 saturated carbocycles. The summed E-state index contributed by atoms with van der Waals surface area (Å²) in [4.78, 5) is 22.8. The van der Waals surface area contributed by atoms with Crippen molar-refractivity contribution in [3.05, 3.63) is 17.5 Å². The van der Waals surface area contributed by atoms with Gasteiger partial charge in [0, 0.05) is 5.69 Å². The Hall–Kier alpha value is -1.85. The summed E-state index contributed by atoms with van der Waals surface area (Å²) in [6.45, 7) is 5.52. The Morgan fingerprint density at radius 3 is 2.59 bits per heavy atom.